The molecule has 1 heterocycles. The van der Waals surface area contributed by atoms with Crippen LogP contribution in [0.15, 0.2) is 67.0 Å². The molecule has 1 aromatic heterocycles. The molecule has 28 heavy (non-hydrogen) atoms. The molecule has 3 nitrogen and oxygen atoms in total. The van der Waals surface area contributed by atoms with E-state index in [0.29, 0.717) is 16.9 Å². The molecule has 0 N–H and O–H groups in total. The largest absolute Gasteiger partial charge is 0.417 e. The van der Waals surface area contributed by atoms with E-state index < -0.39 is 11.7 Å². The van der Waals surface area contributed by atoms with Gasteiger partial charge in [0.2, 0.25) is 0 Å². The lowest BCUT2D eigenvalue weighted by atomic mass is 10.0. The molecular formula is C22H19F3N2O. The first-order chi connectivity index (χ1) is 13.2. The van der Waals surface area contributed by atoms with Crippen LogP contribution < -0.4 is 4.90 Å². The lowest BCUT2D eigenvalue weighted by Crippen LogP contribution is -2.13. The first-order valence-electron chi connectivity index (χ1n) is 8.69. The van der Waals surface area contributed by atoms with Crippen molar-refractivity contribution in [3.63, 3.8) is 0 Å². The summed E-state index contributed by atoms with van der Waals surface area (Å²) < 4.78 is 38.8. The molecule has 0 saturated carbocycles. The number of rotatable bonds is 5. The number of anilines is 2. The fourth-order valence-corrected chi connectivity index (χ4v) is 2.90. The van der Waals surface area contributed by atoms with Crippen molar-refractivity contribution in [3.05, 3.63) is 89.2 Å². The molecule has 6 heteroatoms. The van der Waals surface area contributed by atoms with Crippen molar-refractivity contribution >= 4 is 17.2 Å². The molecule has 0 radical (unpaired) electrons. The van der Waals surface area contributed by atoms with Gasteiger partial charge in [-0.05, 0) is 36.8 Å². The maximum Gasteiger partial charge on any atom is 0.417 e. The molecular weight excluding hydrogens is 365 g/mol. The predicted octanol–water partition coefficient (Wildman–Crippen LogP) is 5.60. The number of alkyl halides is 3. The predicted molar refractivity (Wildman–Crippen MR) is 103 cm³/mol. The Morgan fingerprint density at radius 3 is 2.46 bits per heavy atom. The number of carbonyl (C=O) groups excluding carboxylic acids is 1. The van der Waals surface area contributed by atoms with Crippen molar-refractivity contribution in [2.24, 2.45) is 0 Å². The summed E-state index contributed by atoms with van der Waals surface area (Å²) in [5.74, 6) is -0.00996. The van der Waals surface area contributed by atoms with Crippen LogP contribution >= 0.6 is 0 Å². The summed E-state index contributed by atoms with van der Waals surface area (Å²) in [6.07, 6.45) is -2.06. The number of ketones is 1. The first kappa shape index (κ1) is 19.6. The van der Waals surface area contributed by atoms with Gasteiger partial charge in [-0.1, -0.05) is 35.9 Å². The summed E-state index contributed by atoms with van der Waals surface area (Å²) in [5.41, 5.74) is 2.63. The van der Waals surface area contributed by atoms with Crippen LogP contribution in [-0.4, -0.2) is 17.8 Å². The Morgan fingerprint density at radius 2 is 1.75 bits per heavy atom. The number of pyridine rings is 1. The minimum Gasteiger partial charge on any atom is -0.343 e. The zero-order valence-electron chi connectivity index (χ0n) is 15.5. The SMILES string of the molecule is Cc1cccc(C(=O)Cc2cccc(N(C)c3cncc(C(F)(F)F)c3)c2)c1. The molecule has 0 spiro atoms. The van der Waals surface area contributed by atoms with E-state index >= 15 is 0 Å². The van der Waals surface area contributed by atoms with E-state index in [1.165, 1.54) is 6.20 Å². The topological polar surface area (TPSA) is 33.2 Å². The number of aryl methyl sites for hydroxylation is 1. The van der Waals surface area contributed by atoms with Crippen LogP contribution in [-0.2, 0) is 12.6 Å². The summed E-state index contributed by atoms with van der Waals surface area (Å²) in [7, 11) is 1.67. The molecule has 0 aliphatic rings. The number of halogens is 3. The number of hydrogen-bond acceptors (Lipinski definition) is 3. The van der Waals surface area contributed by atoms with Crippen molar-refractivity contribution < 1.29 is 18.0 Å². The van der Waals surface area contributed by atoms with Gasteiger partial charge in [0.1, 0.15) is 0 Å². The number of nitrogens with zero attached hydrogens (tertiary/aromatic N) is 2. The molecule has 0 fully saturated rings. The van der Waals surface area contributed by atoms with Crippen LogP contribution in [0, 0.1) is 6.92 Å². The third kappa shape index (κ3) is 4.57. The number of hydrogen-bond donors (Lipinski definition) is 0. The fourth-order valence-electron chi connectivity index (χ4n) is 2.90. The lowest BCUT2D eigenvalue weighted by Gasteiger charge is -2.21. The Hall–Kier alpha value is -3.15. The summed E-state index contributed by atoms with van der Waals surface area (Å²) in [6.45, 7) is 1.93. The molecule has 0 atom stereocenters. The Morgan fingerprint density at radius 1 is 1.00 bits per heavy atom. The van der Waals surface area contributed by atoms with E-state index in [1.54, 1.807) is 36.2 Å². The highest BCUT2D eigenvalue weighted by atomic mass is 19.4. The van der Waals surface area contributed by atoms with Gasteiger partial charge in [0.15, 0.2) is 5.78 Å². The van der Waals surface area contributed by atoms with Gasteiger partial charge in [-0.2, -0.15) is 13.2 Å². The third-order valence-corrected chi connectivity index (χ3v) is 4.44. The second kappa shape index (κ2) is 7.84. The molecule has 0 aliphatic heterocycles. The average molecular weight is 384 g/mol. The molecule has 0 bridgehead atoms. The average Bonchev–Trinajstić information content (AvgIpc) is 2.67. The summed E-state index contributed by atoms with van der Waals surface area (Å²) in [4.78, 5) is 17.8. The number of benzene rings is 2. The monoisotopic (exact) mass is 384 g/mol. The second-order valence-electron chi connectivity index (χ2n) is 6.63. The van der Waals surface area contributed by atoms with Gasteiger partial charge >= 0.3 is 6.18 Å². The second-order valence-corrected chi connectivity index (χ2v) is 6.63. The van der Waals surface area contributed by atoms with E-state index in [2.05, 4.69) is 4.98 Å². The van der Waals surface area contributed by atoms with Crippen LogP contribution in [0.2, 0.25) is 0 Å². The lowest BCUT2D eigenvalue weighted by molar-refractivity contribution is -0.137. The van der Waals surface area contributed by atoms with E-state index in [9.17, 15) is 18.0 Å². The quantitative estimate of drug-likeness (QED) is 0.537. The van der Waals surface area contributed by atoms with E-state index in [1.807, 2.05) is 31.2 Å². The molecule has 3 aromatic rings. The van der Waals surface area contributed by atoms with Crippen molar-refractivity contribution in [2.45, 2.75) is 19.5 Å². The molecule has 3 rings (SSSR count). The van der Waals surface area contributed by atoms with Gasteiger partial charge in [0.25, 0.3) is 0 Å². The standard InChI is InChI=1S/C22H19F3N2O/c1-15-5-3-7-17(9-15)21(28)11-16-6-4-8-19(10-16)27(2)20-12-18(13-26-14-20)22(23,24)25/h3-10,12-14H,11H2,1-2H3. The van der Waals surface area contributed by atoms with Crippen LogP contribution in [0.5, 0.6) is 0 Å². The maximum atomic E-state index is 12.9. The Balaban J connectivity index is 1.82. The van der Waals surface area contributed by atoms with Gasteiger partial charge in [-0.3, -0.25) is 9.78 Å². The van der Waals surface area contributed by atoms with Crippen molar-refractivity contribution in [1.29, 1.82) is 0 Å². The Bertz CT molecular complexity index is 999. The van der Waals surface area contributed by atoms with Crippen molar-refractivity contribution in [3.8, 4) is 0 Å². The highest BCUT2D eigenvalue weighted by Gasteiger charge is 2.31. The van der Waals surface area contributed by atoms with Crippen LogP contribution in [0.1, 0.15) is 27.0 Å². The molecule has 0 aliphatic carbocycles. The van der Waals surface area contributed by atoms with Gasteiger partial charge in [-0.15, -0.1) is 0 Å². The summed E-state index contributed by atoms with van der Waals surface area (Å²) >= 11 is 0. The highest BCUT2D eigenvalue weighted by molar-refractivity contribution is 5.97. The molecule has 144 valence electrons. The van der Waals surface area contributed by atoms with Crippen molar-refractivity contribution in [2.75, 3.05) is 11.9 Å². The molecule has 0 amide bonds. The van der Waals surface area contributed by atoms with E-state index in [4.69, 9.17) is 0 Å². The minimum absolute atomic E-state index is 0.00996. The first-order valence-corrected chi connectivity index (χ1v) is 8.69. The highest BCUT2D eigenvalue weighted by Crippen LogP contribution is 2.32. The summed E-state index contributed by atoms with van der Waals surface area (Å²) in [6, 6.07) is 15.6. The molecule has 2 aromatic carbocycles. The molecule has 0 unspecified atom stereocenters. The zero-order chi connectivity index (χ0) is 20.3. The zero-order valence-corrected chi connectivity index (χ0v) is 15.5. The normalized spacial score (nSPS) is 11.3. The minimum atomic E-state index is -4.45. The van der Waals surface area contributed by atoms with Gasteiger partial charge in [0, 0.05) is 30.9 Å². The van der Waals surface area contributed by atoms with Gasteiger partial charge in [-0.25, -0.2) is 0 Å². The number of aromatic nitrogens is 1. The Labute approximate surface area is 161 Å². The smallest absolute Gasteiger partial charge is 0.343 e. The third-order valence-electron chi connectivity index (χ3n) is 4.44. The van der Waals surface area contributed by atoms with Gasteiger partial charge in [0.05, 0.1) is 17.4 Å². The fraction of sp³-hybridized carbons (Fsp3) is 0.182. The van der Waals surface area contributed by atoms with Crippen LogP contribution in [0.25, 0.3) is 0 Å². The number of carbonyl (C=O) groups is 1. The number of Topliss-reactive ketones (excluding diaryl/α,β-unsaturated/α-hetero) is 1. The van der Waals surface area contributed by atoms with Gasteiger partial charge < -0.3 is 4.90 Å². The van der Waals surface area contributed by atoms with Crippen LogP contribution in [0.3, 0.4) is 0 Å². The van der Waals surface area contributed by atoms with Crippen LogP contribution in [0.4, 0.5) is 24.5 Å². The summed E-state index contributed by atoms with van der Waals surface area (Å²) in [5, 5.41) is 0. The van der Waals surface area contributed by atoms with E-state index in [0.717, 1.165) is 23.4 Å². The van der Waals surface area contributed by atoms with Crippen molar-refractivity contribution in [1.82, 2.24) is 4.98 Å². The maximum absolute atomic E-state index is 12.9. The molecule has 0 saturated heterocycles. The van der Waals surface area contributed by atoms with E-state index in [-0.39, 0.29) is 12.2 Å². The Kier molecular flexibility index (Phi) is 5.49.